The SMILES string of the molecule is CCCCCCCCCCCCCCCCCC(O)C(CCCC)S(=O)(=O)[O-].[Na+]. The molecule has 2 atom stereocenters. The van der Waals surface area contributed by atoms with E-state index in [0.29, 0.717) is 12.8 Å². The fourth-order valence-electron chi connectivity index (χ4n) is 3.85. The van der Waals surface area contributed by atoms with Gasteiger partial charge in [0.05, 0.1) is 11.4 Å². The van der Waals surface area contributed by atoms with Crippen LogP contribution in [-0.4, -0.2) is 29.4 Å². The Kier molecular flexibility index (Phi) is 24.4. The van der Waals surface area contributed by atoms with E-state index in [1.165, 1.54) is 77.0 Å². The van der Waals surface area contributed by atoms with Gasteiger partial charge in [0, 0.05) is 0 Å². The Bertz CT molecular complexity index is 429. The summed E-state index contributed by atoms with van der Waals surface area (Å²) in [6.45, 7) is 4.21. The van der Waals surface area contributed by atoms with Gasteiger partial charge in [-0.15, -0.1) is 0 Å². The zero-order valence-corrected chi connectivity index (χ0v) is 22.5. The van der Waals surface area contributed by atoms with Crippen LogP contribution >= 0.6 is 0 Å². The van der Waals surface area contributed by atoms with Gasteiger partial charge in [0.2, 0.25) is 0 Å². The molecule has 0 fully saturated rings. The van der Waals surface area contributed by atoms with Crippen molar-refractivity contribution in [1.82, 2.24) is 0 Å². The zero-order valence-electron chi connectivity index (χ0n) is 19.7. The van der Waals surface area contributed by atoms with E-state index in [-0.39, 0.29) is 36.0 Å². The smallest absolute Gasteiger partial charge is 0.748 e. The van der Waals surface area contributed by atoms with Crippen molar-refractivity contribution in [3.05, 3.63) is 0 Å². The predicted molar refractivity (Wildman–Crippen MR) is 119 cm³/mol. The molecule has 0 aliphatic carbocycles. The van der Waals surface area contributed by atoms with Gasteiger partial charge in [0.25, 0.3) is 0 Å². The fourth-order valence-corrected chi connectivity index (χ4v) is 4.82. The molecule has 0 amide bonds. The Labute approximate surface area is 204 Å². The molecule has 0 aromatic carbocycles. The van der Waals surface area contributed by atoms with Crippen molar-refractivity contribution in [2.24, 2.45) is 0 Å². The van der Waals surface area contributed by atoms with E-state index in [0.717, 1.165) is 25.7 Å². The van der Waals surface area contributed by atoms with Gasteiger partial charge in [-0.05, 0) is 12.8 Å². The quantitative estimate of drug-likeness (QED) is 0.167. The number of rotatable bonds is 21. The molecule has 0 radical (unpaired) electrons. The van der Waals surface area contributed by atoms with Crippen LogP contribution in [0.2, 0.25) is 0 Å². The van der Waals surface area contributed by atoms with Crippen molar-refractivity contribution in [1.29, 1.82) is 0 Å². The molecule has 6 heteroatoms. The van der Waals surface area contributed by atoms with E-state index in [2.05, 4.69) is 6.92 Å². The molecule has 1 N–H and O–H groups in total. The van der Waals surface area contributed by atoms with Crippen molar-refractivity contribution in [3.8, 4) is 0 Å². The van der Waals surface area contributed by atoms with Crippen molar-refractivity contribution in [2.75, 3.05) is 0 Å². The molecule has 0 aliphatic rings. The summed E-state index contributed by atoms with van der Waals surface area (Å²) in [5.74, 6) is 0. The van der Waals surface area contributed by atoms with Crippen LogP contribution in [0.4, 0.5) is 0 Å². The largest absolute Gasteiger partial charge is 1.00 e. The van der Waals surface area contributed by atoms with E-state index in [4.69, 9.17) is 0 Å². The van der Waals surface area contributed by atoms with Crippen LogP contribution < -0.4 is 29.6 Å². The molecule has 0 saturated carbocycles. The Balaban J connectivity index is 0. The minimum absolute atomic E-state index is 0. The fraction of sp³-hybridized carbons (Fsp3) is 1.00. The van der Waals surface area contributed by atoms with Crippen molar-refractivity contribution < 1.29 is 47.6 Å². The number of aliphatic hydroxyl groups excluding tert-OH is 1. The first-order valence-corrected chi connectivity index (χ1v) is 13.5. The van der Waals surface area contributed by atoms with Crippen LogP contribution in [0.5, 0.6) is 0 Å². The van der Waals surface area contributed by atoms with Gasteiger partial charge in [-0.25, -0.2) is 8.42 Å². The summed E-state index contributed by atoms with van der Waals surface area (Å²) in [5, 5.41) is 8.97. The maximum atomic E-state index is 11.3. The Morgan fingerprint density at radius 1 is 0.621 bits per heavy atom. The second kappa shape index (κ2) is 22.1. The van der Waals surface area contributed by atoms with Crippen LogP contribution in [0.15, 0.2) is 0 Å². The Hall–Kier alpha value is 0.870. The molecule has 0 bridgehead atoms. The summed E-state index contributed by atoms with van der Waals surface area (Å²) in [5.41, 5.74) is 0. The van der Waals surface area contributed by atoms with Crippen molar-refractivity contribution in [2.45, 2.75) is 147 Å². The first kappa shape index (κ1) is 32.1. The monoisotopic (exact) mass is 442 g/mol. The van der Waals surface area contributed by atoms with Gasteiger partial charge < -0.3 is 9.66 Å². The van der Waals surface area contributed by atoms with Crippen LogP contribution in [0.25, 0.3) is 0 Å². The number of hydrogen-bond acceptors (Lipinski definition) is 4. The molecular weight excluding hydrogens is 395 g/mol. The van der Waals surface area contributed by atoms with Gasteiger partial charge in [-0.2, -0.15) is 0 Å². The van der Waals surface area contributed by atoms with Crippen LogP contribution in [0.3, 0.4) is 0 Å². The topological polar surface area (TPSA) is 77.4 Å². The molecule has 0 rings (SSSR count). The van der Waals surface area contributed by atoms with E-state index in [9.17, 15) is 18.1 Å². The minimum Gasteiger partial charge on any atom is -0.748 e. The molecule has 29 heavy (non-hydrogen) atoms. The molecule has 4 nitrogen and oxygen atoms in total. The van der Waals surface area contributed by atoms with Crippen molar-refractivity contribution in [3.63, 3.8) is 0 Å². The Morgan fingerprint density at radius 2 is 0.966 bits per heavy atom. The van der Waals surface area contributed by atoms with Crippen LogP contribution in [-0.2, 0) is 10.1 Å². The van der Waals surface area contributed by atoms with Gasteiger partial charge in [-0.1, -0.05) is 123 Å². The Morgan fingerprint density at radius 3 is 1.31 bits per heavy atom. The summed E-state index contributed by atoms with van der Waals surface area (Å²) in [7, 11) is -4.41. The maximum absolute atomic E-state index is 11.3. The van der Waals surface area contributed by atoms with E-state index >= 15 is 0 Å². The van der Waals surface area contributed by atoms with Gasteiger partial charge >= 0.3 is 29.6 Å². The summed E-state index contributed by atoms with van der Waals surface area (Å²) < 4.78 is 34.0. The predicted octanol–water partition coefficient (Wildman–Crippen LogP) is 3.72. The molecule has 2 unspecified atom stereocenters. The standard InChI is InChI=1S/C23H48O4S.Na/c1-3-5-7-8-9-10-11-12-13-14-15-16-17-18-19-20-22(24)23(21-6-4-2)28(25,26)27;/h22-24H,3-21H2,1-2H3,(H,25,26,27);/q;+1/p-1. The minimum atomic E-state index is -4.41. The third kappa shape index (κ3) is 20.5. The molecular formula is C23H47NaO4S. The average molecular weight is 443 g/mol. The summed E-state index contributed by atoms with van der Waals surface area (Å²) in [6, 6.07) is 0. The number of hydrogen-bond donors (Lipinski definition) is 1. The van der Waals surface area contributed by atoms with Gasteiger partial charge in [0.15, 0.2) is 0 Å². The second-order valence-electron chi connectivity index (χ2n) is 8.48. The molecule has 0 heterocycles. The summed E-state index contributed by atoms with van der Waals surface area (Å²) >= 11 is 0. The van der Waals surface area contributed by atoms with Gasteiger partial charge in [0.1, 0.15) is 10.1 Å². The van der Waals surface area contributed by atoms with Crippen LogP contribution in [0.1, 0.15) is 136 Å². The normalized spacial score (nSPS) is 13.8. The zero-order chi connectivity index (χ0) is 21.1. The molecule has 0 aromatic rings. The van der Waals surface area contributed by atoms with Crippen molar-refractivity contribution >= 4 is 10.1 Å². The molecule has 0 aliphatic heterocycles. The molecule has 0 aromatic heterocycles. The number of unbranched alkanes of at least 4 members (excludes halogenated alkanes) is 15. The second-order valence-corrected chi connectivity index (χ2v) is 10.1. The molecule has 0 saturated heterocycles. The molecule has 170 valence electrons. The third-order valence-electron chi connectivity index (χ3n) is 5.75. The third-order valence-corrected chi connectivity index (χ3v) is 7.04. The van der Waals surface area contributed by atoms with Crippen LogP contribution in [0, 0.1) is 0 Å². The average Bonchev–Trinajstić information content (AvgIpc) is 2.64. The van der Waals surface area contributed by atoms with E-state index in [1.54, 1.807) is 0 Å². The number of aliphatic hydroxyl groups is 1. The molecule has 0 spiro atoms. The first-order valence-electron chi connectivity index (χ1n) is 12.1. The maximum Gasteiger partial charge on any atom is 1.00 e. The summed E-state index contributed by atoms with van der Waals surface area (Å²) in [6.07, 6.45) is 20.3. The van der Waals surface area contributed by atoms with E-state index in [1.807, 2.05) is 6.92 Å². The first-order chi connectivity index (χ1) is 13.4. The summed E-state index contributed by atoms with van der Waals surface area (Å²) in [4.78, 5) is 0. The van der Waals surface area contributed by atoms with E-state index < -0.39 is 21.5 Å². The van der Waals surface area contributed by atoms with Gasteiger partial charge in [-0.3, -0.25) is 0 Å².